The average Bonchev–Trinajstić information content (AvgIpc) is 3.29. The molecule has 1 aliphatic heterocycles. The van der Waals surface area contributed by atoms with Crippen molar-refractivity contribution >= 4 is 35.8 Å². The van der Waals surface area contributed by atoms with Gasteiger partial charge in [-0.15, -0.1) is 12.4 Å². The maximum absolute atomic E-state index is 13.2. The summed E-state index contributed by atoms with van der Waals surface area (Å²) in [5, 5.41) is 2.93. The Bertz CT molecular complexity index is 1100. The van der Waals surface area contributed by atoms with Crippen molar-refractivity contribution < 1.29 is 19.2 Å². The van der Waals surface area contributed by atoms with Gasteiger partial charge in [0, 0.05) is 40.9 Å². The van der Waals surface area contributed by atoms with E-state index in [-0.39, 0.29) is 41.4 Å². The predicted molar refractivity (Wildman–Crippen MR) is 127 cm³/mol. The van der Waals surface area contributed by atoms with Gasteiger partial charge in [0.25, 0.3) is 5.91 Å². The van der Waals surface area contributed by atoms with Gasteiger partial charge in [0.2, 0.25) is 5.91 Å². The Hall–Kier alpha value is -3.03. The van der Waals surface area contributed by atoms with Gasteiger partial charge in [0.15, 0.2) is 11.6 Å². The fourth-order valence-corrected chi connectivity index (χ4v) is 4.41. The second kappa shape index (κ2) is 10.3. The van der Waals surface area contributed by atoms with Crippen LogP contribution in [-0.4, -0.2) is 73.0 Å². The van der Waals surface area contributed by atoms with Gasteiger partial charge in [0.1, 0.15) is 6.04 Å². The zero-order valence-electron chi connectivity index (χ0n) is 18.8. The van der Waals surface area contributed by atoms with Crippen LogP contribution in [0.25, 0.3) is 0 Å². The number of nitrogens with zero attached hydrogens (tertiary/aromatic N) is 2. The number of carbonyl (C=O) groups is 4. The SMILES string of the molecule is CN(C)CCCNC(=O)C1CCCN1C(=O)c1ccc2c(c1)C(=O)c1ccccc1C2=O.Cl. The van der Waals surface area contributed by atoms with Crippen LogP contribution in [0, 0.1) is 0 Å². The van der Waals surface area contributed by atoms with E-state index in [2.05, 4.69) is 10.2 Å². The number of nitrogens with one attached hydrogen (secondary N) is 1. The molecule has 7 nitrogen and oxygen atoms in total. The van der Waals surface area contributed by atoms with Crippen LogP contribution in [0.4, 0.5) is 0 Å². The lowest BCUT2D eigenvalue weighted by molar-refractivity contribution is -0.124. The molecule has 1 atom stereocenters. The van der Waals surface area contributed by atoms with E-state index in [1.807, 2.05) is 14.1 Å². The highest BCUT2D eigenvalue weighted by Gasteiger charge is 2.36. The molecule has 2 aliphatic rings. The van der Waals surface area contributed by atoms with Gasteiger partial charge in [-0.05, 0) is 58.1 Å². The second-order valence-corrected chi connectivity index (χ2v) is 8.57. The molecular formula is C25H28ClN3O4. The number of hydrogen-bond donors (Lipinski definition) is 1. The molecule has 2 aromatic carbocycles. The number of carbonyl (C=O) groups excluding carboxylic acids is 4. The summed E-state index contributed by atoms with van der Waals surface area (Å²) in [6.45, 7) is 1.92. The van der Waals surface area contributed by atoms with E-state index >= 15 is 0 Å². The van der Waals surface area contributed by atoms with Crippen molar-refractivity contribution in [2.45, 2.75) is 25.3 Å². The van der Waals surface area contributed by atoms with Crippen molar-refractivity contribution in [3.63, 3.8) is 0 Å². The molecule has 0 bridgehead atoms. The van der Waals surface area contributed by atoms with Crippen molar-refractivity contribution in [2.24, 2.45) is 0 Å². The van der Waals surface area contributed by atoms with Crippen molar-refractivity contribution in [1.29, 1.82) is 0 Å². The van der Waals surface area contributed by atoms with Gasteiger partial charge in [-0.3, -0.25) is 19.2 Å². The van der Waals surface area contributed by atoms with Crippen LogP contribution in [0.2, 0.25) is 0 Å². The zero-order chi connectivity index (χ0) is 22.8. The van der Waals surface area contributed by atoms with E-state index in [0.717, 1.165) is 19.4 Å². The Labute approximate surface area is 199 Å². The monoisotopic (exact) mass is 469 g/mol. The fourth-order valence-electron chi connectivity index (χ4n) is 4.41. The number of halogens is 1. The Kier molecular flexibility index (Phi) is 7.66. The first-order valence-corrected chi connectivity index (χ1v) is 10.9. The van der Waals surface area contributed by atoms with E-state index < -0.39 is 6.04 Å². The summed E-state index contributed by atoms with van der Waals surface area (Å²) in [7, 11) is 3.96. The maximum Gasteiger partial charge on any atom is 0.254 e. The van der Waals surface area contributed by atoms with Gasteiger partial charge < -0.3 is 15.1 Å². The minimum atomic E-state index is -0.518. The first-order chi connectivity index (χ1) is 15.4. The summed E-state index contributed by atoms with van der Waals surface area (Å²) in [5.41, 5.74) is 1.60. The summed E-state index contributed by atoms with van der Waals surface area (Å²) >= 11 is 0. The van der Waals surface area contributed by atoms with Crippen LogP contribution >= 0.6 is 12.4 Å². The third-order valence-corrected chi connectivity index (χ3v) is 6.07. The normalized spacial score (nSPS) is 16.8. The molecule has 0 saturated carbocycles. The highest BCUT2D eigenvalue weighted by atomic mass is 35.5. The number of ketones is 2. The lowest BCUT2D eigenvalue weighted by atomic mass is 9.83. The van der Waals surface area contributed by atoms with Gasteiger partial charge >= 0.3 is 0 Å². The second-order valence-electron chi connectivity index (χ2n) is 8.57. The lowest BCUT2D eigenvalue weighted by Crippen LogP contribution is -2.46. The molecule has 8 heteroatoms. The number of amides is 2. The van der Waals surface area contributed by atoms with Crippen LogP contribution in [-0.2, 0) is 4.79 Å². The Balaban J connectivity index is 0.00000306. The Morgan fingerprint density at radius 2 is 1.64 bits per heavy atom. The molecule has 2 aromatic rings. The lowest BCUT2D eigenvalue weighted by Gasteiger charge is -2.25. The molecule has 0 aromatic heterocycles. The van der Waals surface area contributed by atoms with Gasteiger partial charge in [-0.1, -0.05) is 24.3 Å². The largest absolute Gasteiger partial charge is 0.354 e. The molecule has 1 N–H and O–H groups in total. The number of rotatable bonds is 6. The molecule has 1 unspecified atom stereocenters. The van der Waals surface area contributed by atoms with Crippen molar-refractivity contribution in [3.05, 3.63) is 70.3 Å². The molecule has 0 radical (unpaired) electrons. The summed E-state index contributed by atoms with van der Waals surface area (Å²) < 4.78 is 0. The molecule has 1 saturated heterocycles. The van der Waals surface area contributed by atoms with Crippen LogP contribution in [0.15, 0.2) is 42.5 Å². The quantitative estimate of drug-likeness (QED) is 0.561. The number of benzene rings is 2. The Morgan fingerprint density at radius 3 is 2.30 bits per heavy atom. The standard InChI is InChI=1S/C25H27N3O4.ClH/c1-27(2)13-6-12-26-24(31)21-9-5-14-28(21)25(32)16-10-11-19-20(15-16)23(30)18-8-4-3-7-17(18)22(19)29;/h3-4,7-8,10-11,15,21H,5-6,9,12-14H2,1-2H3,(H,26,31);1H. The van der Waals surface area contributed by atoms with Crippen molar-refractivity contribution in [2.75, 3.05) is 33.7 Å². The average molecular weight is 470 g/mol. The third-order valence-electron chi connectivity index (χ3n) is 6.07. The van der Waals surface area contributed by atoms with Crippen LogP contribution in [0.1, 0.15) is 61.5 Å². The molecule has 1 fully saturated rings. The molecule has 174 valence electrons. The predicted octanol–water partition coefficient (Wildman–Crippen LogP) is 2.56. The summed E-state index contributed by atoms with van der Waals surface area (Å²) in [4.78, 5) is 55.3. The van der Waals surface area contributed by atoms with Crippen LogP contribution in [0.3, 0.4) is 0 Å². The number of hydrogen-bond acceptors (Lipinski definition) is 5. The first-order valence-electron chi connectivity index (χ1n) is 10.9. The van der Waals surface area contributed by atoms with E-state index in [1.54, 1.807) is 41.3 Å². The Morgan fingerprint density at radius 1 is 1.00 bits per heavy atom. The molecule has 2 amide bonds. The van der Waals surface area contributed by atoms with Gasteiger partial charge in [-0.25, -0.2) is 0 Å². The summed E-state index contributed by atoms with van der Waals surface area (Å²) in [6.07, 6.45) is 2.19. The molecular weight excluding hydrogens is 442 g/mol. The fraction of sp³-hybridized carbons (Fsp3) is 0.360. The number of fused-ring (bicyclic) bond motifs is 2. The molecule has 1 heterocycles. The highest BCUT2D eigenvalue weighted by molar-refractivity contribution is 6.28. The van der Waals surface area contributed by atoms with Crippen molar-refractivity contribution in [1.82, 2.24) is 15.1 Å². The van der Waals surface area contributed by atoms with Crippen LogP contribution < -0.4 is 5.32 Å². The first kappa shape index (κ1) is 24.6. The molecule has 33 heavy (non-hydrogen) atoms. The molecule has 0 spiro atoms. The van der Waals surface area contributed by atoms with E-state index in [4.69, 9.17) is 0 Å². The van der Waals surface area contributed by atoms with E-state index in [1.165, 1.54) is 6.07 Å². The van der Waals surface area contributed by atoms with Gasteiger partial charge in [-0.2, -0.15) is 0 Å². The summed E-state index contributed by atoms with van der Waals surface area (Å²) in [5.74, 6) is -0.919. The number of likely N-dealkylation sites (tertiary alicyclic amines) is 1. The molecule has 4 rings (SSSR count). The zero-order valence-corrected chi connectivity index (χ0v) is 19.6. The minimum absolute atomic E-state index is 0. The van der Waals surface area contributed by atoms with Crippen molar-refractivity contribution in [3.8, 4) is 0 Å². The minimum Gasteiger partial charge on any atom is -0.354 e. The van der Waals surface area contributed by atoms with Crippen LogP contribution in [0.5, 0.6) is 0 Å². The van der Waals surface area contributed by atoms with Gasteiger partial charge in [0.05, 0.1) is 0 Å². The highest BCUT2D eigenvalue weighted by Crippen LogP contribution is 2.29. The smallest absolute Gasteiger partial charge is 0.254 e. The van der Waals surface area contributed by atoms with E-state index in [0.29, 0.717) is 41.8 Å². The topological polar surface area (TPSA) is 86.8 Å². The molecule has 1 aliphatic carbocycles. The maximum atomic E-state index is 13.2. The summed E-state index contributed by atoms with van der Waals surface area (Å²) in [6, 6.07) is 10.8. The third kappa shape index (κ3) is 4.84. The van der Waals surface area contributed by atoms with E-state index in [9.17, 15) is 19.2 Å².